The van der Waals surface area contributed by atoms with Crippen LogP contribution < -0.4 is 11.1 Å². The van der Waals surface area contributed by atoms with E-state index < -0.39 is 0 Å². The van der Waals surface area contributed by atoms with Crippen LogP contribution in [0.1, 0.15) is 35.8 Å². The SMILES string of the molecule is CCOC1CC(NC(=O)c2ccc(C#CCN)cn2)C1. The van der Waals surface area contributed by atoms with Crippen molar-refractivity contribution in [1.82, 2.24) is 10.3 Å². The van der Waals surface area contributed by atoms with Gasteiger partial charge in [-0.2, -0.15) is 0 Å². The standard InChI is InChI=1S/C15H19N3O2/c1-2-20-13-8-12(9-13)18-15(19)14-6-5-11(10-17-14)4-3-7-16/h5-6,10,12-13H,2,7-9,16H2,1H3,(H,18,19). The molecule has 0 unspecified atom stereocenters. The van der Waals surface area contributed by atoms with Gasteiger partial charge in [-0.3, -0.25) is 4.79 Å². The first-order chi connectivity index (χ1) is 9.72. The molecule has 106 valence electrons. The summed E-state index contributed by atoms with van der Waals surface area (Å²) in [6, 6.07) is 3.64. The predicted octanol–water partition coefficient (Wildman–Crippen LogP) is 0.689. The second kappa shape index (κ2) is 7.04. The number of nitrogens with one attached hydrogen (secondary N) is 1. The van der Waals surface area contributed by atoms with Gasteiger partial charge in [0.1, 0.15) is 5.69 Å². The molecule has 5 nitrogen and oxygen atoms in total. The minimum Gasteiger partial charge on any atom is -0.378 e. The second-order valence-corrected chi connectivity index (χ2v) is 4.66. The molecule has 0 atom stereocenters. The molecule has 20 heavy (non-hydrogen) atoms. The Kier molecular flexibility index (Phi) is 5.10. The molecule has 0 spiro atoms. The highest BCUT2D eigenvalue weighted by molar-refractivity contribution is 5.92. The van der Waals surface area contributed by atoms with E-state index in [0.717, 1.165) is 25.0 Å². The van der Waals surface area contributed by atoms with Crippen LogP contribution >= 0.6 is 0 Å². The zero-order valence-electron chi connectivity index (χ0n) is 11.6. The summed E-state index contributed by atoms with van der Waals surface area (Å²) in [6.45, 7) is 3.01. The summed E-state index contributed by atoms with van der Waals surface area (Å²) in [5, 5.41) is 2.95. The first-order valence-corrected chi connectivity index (χ1v) is 6.80. The number of rotatable bonds is 4. The molecule has 0 aliphatic heterocycles. The third-order valence-electron chi connectivity index (χ3n) is 3.16. The molecule has 0 saturated heterocycles. The maximum atomic E-state index is 12.0. The van der Waals surface area contributed by atoms with Gasteiger partial charge in [0.15, 0.2) is 0 Å². The van der Waals surface area contributed by atoms with Gasteiger partial charge in [-0.1, -0.05) is 11.8 Å². The van der Waals surface area contributed by atoms with E-state index in [0.29, 0.717) is 12.2 Å². The first kappa shape index (κ1) is 14.5. The molecule has 2 rings (SSSR count). The second-order valence-electron chi connectivity index (χ2n) is 4.66. The van der Waals surface area contributed by atoms with E-state index in [1.165, 1.54) is 0 Å². The fourth-order valence-electron chi connectivity index (χ4n) is 2.07. The smallest absolute Gasteiger partial charge is 0.270 e. The molecule has 1 fully saturated rings. The van der Waals surface area contributed by atoms with Crippen molar-refractivity contribution in [1.29, 1.82) is 0 Å². The van der Waals surface area contributed by atoms with Gasteiger partial charge in [-0.25, -0.2) is 4.98 Å². The molecule has 1 heterocycles. The van der Waals surface area contributed by atoms with Crippen molar-refractivity contribution in [3.05, 3.63) is 29.6 Å². The molecular formula is C15H19N3O2. The molecule has 5 heteroatoms. The van der Waals surface area contributed by atoms with Crippen LogP contribution in [0.25, 0.3) is 0 Å². The van der Waals surface area contributed by atoms with Crippen molar-refractivity contribution in [2.24, 2.45) is 5.73 Å². The van der Waals surface area contributed by atoms with E-state index >= 15 is 0 Å². The molecule has 1 aliphatic carbocycles. The van der Waals surface area contributed by atoms with E-state index in [1.807, 2.05) is 6.92 Å². The topological polar surface area (TPSA) is 77.2 Å². The molecule has 1 aromatic heterocycles. The van der Waals surface area contributed by atoms with Gasteiger partial charge >= 0.3 is 0 Å². The third kappa shape index (κ3) is 3.80. The summed E-state index contributed by atoms with van der Waals surface area (Å²) >= 11 is 0. The number of carbonyl (C=O) groups excluding carboxylic acids is 1. The van der Waals surface area contributed by atoms with Crippen molar-refractivity contribution < 1.29 is 9.53 Å². The van der Waals surface area contributed by atoms with Crippen molar-refractivity contribution in [3.63, 3.8) is 0 Å². The summed E-state index contributed by atoms with van der Waals surface area (Å²) in [4.78, 5) is 16.1. The van der Waals surface area contributed by atoms with Crippen LogP contribution in [0.4, 0.5) is 0 Å². The quantitative estimate of drug-likeness (QED) is 0.791. The summed E-state index contributed by atoms with van der Waals surface area (Å²) in [5.41, 5.74) is 6.46. The highest BCUT2D eigenvalue weighted by Crippen LogP contribution is 2.23. The van der Waals surface area contributed by atoms with E-state index in [2.05, 4.69) is 22.1 Å². The minimum absolute atomic E-state index is 0.150. The van der Waals surface area contributed by atoms with E-state index in [-0.39, 0.29) is 18.1 Å². The number of ether oxygens (including phenoxy) is 1. The predicted molar refractivity (Wildman–Crippen MR) is 76.1 cm³/mol. The number of hydrogen-bond donors (Lipinski definition) is 2. The molecule has 1 aromatic rings. The number of pyridine rings is 1. The van der Waals surface area contributed by atoms with Gasteiger partial charge < -0.3 is 15.8 Å². The molecule has 1 saturated carbocycles. The molecule has 1 amide bonds. The van der Waals surface area contributed by atoms with Crippen LogP contribution in [-0.2, 0) is 4.74 Å². The van der Waals surface area contributed by atoms with Crippen LogP contribution in [0.5, 0.6) is 0 Å². The van der Waals surface area contributed by atoms with Crippen molar-refractivity contribution in [3.8, 4) is 11.8 Å². The monoisotopic (exact) mass is 273 g/mol. The Morgan fingerprint density at radius 2 is 2.35 bits per heavy atom. The summed E-state index contributed by atoms with van der Waals surface area (Å²) < 4.78 is 5.46. The van der Waals surface area contributed by atoms with E-state index in [1.54, 1.807) is 18.3 Å². The molecule has 1 aliphatic rings. The Morgan fingerprint density at radius 3 is 2.95 bits per heavy atom. The van der Waals surface area contributed by atoms with Gasteiger partial charge in [-0.05, 0) is 31.9 Å². The highest BCUT2D eigenvalue weighted by Gasteiger charge is 2.30. The van der Waals surface area contributed by atoms with Crippen LogP contribution in [0.2, 0.25) is 0 Å². The lowest BCUT2D eigenvalue weighted by Gasteiger charge is -2.35. The van der Waals surface area contributed by atoms with Gasteiger partial charge in [-0.15, -0.1) is 0 Å². The van der Waals surface area contributed by atoms with E-state index in [9.17, 15) is 4.79 Å². The largest absolute Gasteiger partial charge is 0.378 e. The van der Waals surface area contributed by atoms with Gasteiger partial charge in [0.25, 0.3) is 5.91 Å². The Balaban J connectivity index is 1.84. The zero-order valence-corrected chi connectivity index (χ0v) is 11.6. The van der Waals surface area contributed by atoms with Crippen LogP contribution in [0, 0.1) is 11.8 Å². The fraction of sp³-hybridized carbons (Fsp3) is 0.467. The number of nitrogens with two attached hydrogens (primary N) is 1. The first-order valence-electron chi connectivity index (χ1n) is 6.80. The lowest BCUT2D eigenvalue weighted by atomic mass is 9.89. The molecule has 0 aromatic carbocycles. The normalized spacial score (nSPS) is 20.5. The number of hydrogen-bond acceptors (Lipinski definition) is 4. The Bertz CT molecular complexity index is 510. The summed E-state index contributed by atoms with van der Waals surface area (Å²) in [5.74, 6) is 5.46. The minimum atomic E-state index is -0.150. The molecular weight excluding hydrogens is 254 g/mol. The zero-order chi connectivity index (χ0) is 14.4. The van der Waals surface area contributed by atoms with Crippen LogP contribution in [-0.4, -0.2) is 36.2 Å². The maximum Gasteiger partial charge on any atom is 0.270 e. The van der Waals surface area contributed by atoms with Crippen molar-refractivity contribution in [2.75, 3.05) is 13.2 Å². The molecule has 3 N–H and O–H groups in total. The molecule has 0 radical (unpaired) electrons. The lowest BCUT2D eigenvalue weighted by molar-refractivity contribution is -0.00867. The third-order valence-corrected chi connectivity index (χ3v) is 3.16. The van der Waals surface area contributed by atoms with Crippen molar-refractivity contribution >= 4 is 5.91 Å². The number of amides is 1. The van der Waals surface area contributed by atoms with Gasteiger partial charge in [0.05, 0.1) is 12.6 Å². The Hall–Kier alpha value is -1.90. The number of nitrogens with zero attached hydrogens (tertiary/aromatic N) is 1. The highest BCUT2D eigenvalue weighted by atomic mass is 16.5. The van der Waals surface area contributed by atoms with Crippen molar-refractivity contribution in [2.45, 2.75) is 31.9 Å². The molecule has 0 bridgehead atoms. The number of aromatic nitrogens is 1. The van der Waals surface area contributed by atoms with E-state index in [4.69, 9.17) is 10.5 Å². The number of carbonyl (C=O) groups is 1. The summed E-state index contributed by atoms with van der Waals surface area (Å²) in [6.07, 6.45) is 3.62. The Labute approximate surface area is 118 Å². The average molecular weight is 273 g/mol. The lowest BCUT2D eigenvalue weighted by Crippen LogP contribution is -2.48. The fourth-order valence-corrected chi connectivity index (χ4v) is 2.07. The average Bonchev–Trinajstić information content (AvgIpc) is 2.43. The van der Waals surface area contributed by atoms with Crippen LogP contribution in [0.15, 0.2) is 18.3 Å². The maximum absolute atomic E-state index is 12.0. The van der Waals surface area contributed by atoms with Gasteiger partial charge in [0.2, 0.25) is 0 Å². The van der Waals surface area contributed by atoms with Gasteiger partial charge in [0, 0.05) is 24.4 Å². The van der Waals surface area contributed by atoms with Crippen LogP contribution in [0.3, 0.4) is 0 Å². The Morgan fingerprint density at radius 1 is 1.55 bits per heavy atom. The summed E-state index contributed by atoms with van der Waals surface area (Å²) in [7, 11) is 0.